The quantitative estimate of drug-likeness (QED) is 0.529. The number of para-hydroxylation sites is 2. The second-order valence-electron chi connectivity index (χ2n) is 9.52. The monoisotopic (exact) mass is 490 g/mol. The minimum Gasteiger partial charge on any atom is -0.371 e. The molecule has 1 atom stereocenters. The van der Waals surface area contributed by atoms with Gasteiger partial charge in [0.1, 0.15) is 11.7 Å². The number of aryl methyl sites for hydroxylation is 1. The summed E-state index contributed by atoms with van der Waals surface area (Å²) in [5, 5.41) is 8.09. The number of halogens is 1. The predicted octanol–water partition coefficient (Wildman–Crippen LogP) is 4.98. The fourth-order valence-electron chi connectivity index (χ4n) is 4.97. The van der Waals surface area contributed by atoms with Crippen LogP contribution in [0.25, 0.3) is 0 Å². The van der Waals surface area contributed by atoms with Gasteiger partial charge in [0, 0.05) is 37.1 Å². The molecule has 8 heteroatoms. The predicted molar refractivity (Wildman–Crippen MR) is 141 cm³/mol. The Bertz CT molecular complexity index is 1230. The Morgan fingerprint density at radius 1 is 1.14 bits per heavy atom. The summed E-state index contributed by atoms with van der Waals surface area (Å²) in [6.45, 7) is 6.54. The Morgan fingerprint density at radius 3 is 2.54 bits per heavy atom. The second kappa shape index (κ2) is 9.74. The minimum atomic E-state index is -0.332. The Morgan fingerprint density at radius 2 is 1.86 bits per heavy atom. The maximum absolute atomic E-state index is 13.2. The molecule has 2 aromatic carbocycles. The number of likely N-dealkylation sites (tertiary alicyclic amines) is 1. The van der Waals surface area contributed by atoms with Gasteiger partial charge in [-0.05, 0) is 49.6 Å². The molecule has 0 aliphatic carbocycles. The number of aromatic nitrogens is 2. The normalized spacial score (nSPS) is 18.6. The highest BCUT2D eigenvalue weighted by Gasteiger charge is 2.43. The van der Waals surface area contributed by atoms with E-state index in [2.05, 4.69) is 27.8 Å². The van der Waals surface area contributed by atoms with Crippen LogP contribution in [0.1, 0.15) is 31.2 Å². The van der Waals surface area contributed by atoms with E-state index in [0.29, 0.717) is 26.2 Å². The minimum absolute atomic E-state index is 0.104. The van der Waals surface area contributed by atoms with E-state index in [1.165, 1.54) is 0 Å². The maximum atomic E-state index is 13.2. The lowest BCUT2D eigenvalue weighted by atomic mass is 9.83. The molecule has 2 aliphatic heterocycles. The number of imidazole rings is 1. The highest BCUT2D eigenvalue weighted by Crippen LogP contribution is 2.37. The average molecular weight is 491 g/mol. The highest BCUT2D eigenvalue weighted by atomic mass is 35.5. The van der Waals surface area contributed by atoms with Crippen molar-refractivity contribution in [2.75, 3.05) is 23.7 Å². The zero-order chi connectivity index (χ0) is 24.4. The van der Waals surface area contributed by atoms with Crippen LogP contribution in [-0.2, 0) is 17.9 Å². The first kappa shape index (κ1) is 23.4. The van der Waals surface area contributed by atoms with Gasteiger partial charge in [-0.3, -0.25) is 9.79 Å². The molecular weight excluding hydrogens is 460 g/mol. The van der Waals surface area contributed by atoms with Crippen LogP contribution >= 0.6 is 11.6 Å². The number of fused-ring (bicyclic) bond motifs is 1. The molecule has 1 spiro atoms. The van der Waals surface area contributed by atoms with E-state index >= 15 is 0 Å². The molecule has 0 saturated carbocycles. The van der Waals surface area contributed by atoms with E-state index in [1.807, 2.05) is 65.9 Å². The summed E-state index contributed by atoms with van der Waals surface area (Å²) in [6.07, 6.45) is 5.29. The number of hydrogen-bond donors (Lipinski definition) is 2. The number of hydrogen-bond acceptors (Lipinski definition) is 4. The zero-order valence-electron chi connectivity index (χ0n) is 20.2. The molecule has 1 saturated heterocycles. The molecule has 1 aromatic heterocycles. The molecule has 3 aromatic rings. The molecule has 182 valence electrons. The van der Waals surface area contributed by atoms with Crippen molar-refractivity contribution >= 4 is 34.7 Å². The van der Waals surface area contributed by atoms with Crippen molar-refractivity contribution in [1.29, 1.82) is 0 Å². The van der Waals surface area contributed by atoms with E-state index < -0.39 is 0 Å². The summed E-state index contributed by atoms with van der Waals surface area (Å²) < 4.78 is 2.04. The standard InChI is InChI=1S/C27H31ClN6O/c1-19(18-34-16-13-29-20(34)2)25(35)33-14-11-27(12-15-33)26(30-17-21-7-9-22(28)10-8-21)31-23-5-3-4-6-24(23)32-27/h3-10,13,16,19,32H,11-12,14-15,17-18H2,1-2H3,(H,30,31). The van der Waals surface area contributed by atoms with Crippen LogP contribution in [-0.4, -0.2) is 44.8 Å². The maximum Gasteiger partial charge on any atom is 0.227 e. The van der Waals surface area contributed by atoms with Crippen LogP contribution in [0.15, 0.2) is 65.9 Å². The Balaban J connectivity index is 1.32. The lowest BCUT2D eigenvalue weighted by Crippen LogP contribution is -2.59. The van der Waals surface area contributed by atoms with Crippen molar-refractivity contribution in [3.63, 3.8) is 0 Å². The fraction of sp³-hybridized carbons (Fsp3) is 0.370. The number of nitrogens with zero attached hydrogens (tertiary/aromatic N) is 4. The summed E-state index contributed by atoms with van der Waals surface area (Å²) in [7, 11) is 0. The van der Waals surface area contributed by atoms with Gasteiger partial charge < -0.3 is 20.1 Å². The summed E-state index contributed by atoms with van der Waals surface area (Å²) in [6, 6.07) is 16.0. The van der Waals surface area contributed by atoms with Crippen molar-refractivity contribution < 1.29 is 4.79 Å². The summed E-state index contributed by atoms with van der Waals surface area (Å²) in [5.74, 6) is 1.95. The third-order valence-corrected chi connectivity index (χ3v) is 7.34. The number of amidine groups is 1. The number of nitrogens with one attached hydrogen (secondary N) is 2. The summed E-state index contributed by atoms with van der Waals surface area (Å²) >= 11 is 6.05. The molecule has 0 radical (unpaired) electrons. The van der Waals surface area contributed by atoms with Gasteiger partial charge >= 0.3 is 0 Å². The van der Waals surface area contributed by atoms with Gasteiger partial charge in [0.15, 0.2) is 0 Å². The zero-order valence-corrected chi connectivity index (χ0v) is 20.9. The summed E-state index contributed by atoms with van der Waals surface area (Å²) in [4.78, 5) is 24.5. The molecule has 0 bridgehead atoms. The smallest absolute Gasteiger partial charge is 0.227 e. The van der Waals surface area contributed by atoms with Crippen molar-refractivity contribution in [1.82, 2.24) is 14.5 Å². The lowest BCUT2D eigenvalue weighted by Gasteiger charge is -2.47. The lowest BCUT2D eigenvalue weighted by molar-refractivity contribution is -0.136. The number of anilines is 2. The van der Waals surface area contributed by atoms with E-state index in [4.69, 9.17) is 16.6 Å². The first-order valence-corrected chi connectivity index (χ1v) is 12.5. The van der Waals surface area contributed by atoms with Gasteiger partial charge in [-0.15, -0.1) is 0 Å². The van der Waals surface area contributed by atoms with Crippen LogP contribution in [0, 0.1) is 12.8 Å². The van der Waals surface area contributed by atoms with Crippen LogP contribution in [0.2, 0.25) is 5.02 Å². The van der Waals surface area contributed by atoms with Gasteiger partial charge in [0.05, 0.1) is 29.4 Å². The van der Waals surface area contributed by atoms with Gasteiger partial charge in [-0.2, -0.15) is 0 Å². The number of aliphatic imine (C=N–C) groups is 1. The van der Waals surface area contributed by atoms with Crippen molar-refractivity contribution in [3.8, 4) is 0 Å². The number of piperidine rings is 1. The van der Waals surface area contributed by atoms with Crippen LogP contribution in [0.3, 0.4) is 0 Å². The van der Waals surface area contributed by atoms with Crippen molar-refractivity contribution in [3.05, 3.63) is 77.3 Å². The summed E-state index contributed by atoms with van der Waals surface area (Å²) in [5.41, 5.74) is 2.87. The molecule has 1 amide bonds. The largest absolute Gasteiger partial charge is 0.371 e. The number of carbonyl (C=O) groups excluding carboxylic acids is 1. The van der Waals surface area contributed by atoms with E-state index in [-0.39, 0.29) is 17.4 Å². The molecule has 1 unspecified atom stereocenters. The SMILES string of the molecule is Cc1nccn1CC(C)C(=O)N1CCC2(CC1)Nc1ccccc1NC2=NCc1ccc(Cl)cc1. The van der Waals surface area contributed by atoms with Gasteiger partial charge in [-0.1, -0.05) is 42.8 Å². The number of carbonyl (C=O) groups is 1. The van der Waals surface area contributed by atoms with Gasteiger partial charge in [0.2, 0.25) is 5.91 Å². The number of amides is 1. The van der Waals surface area contributed by atoms with Crippen molar-refractivity contribution in [2.45, 2.75) is 45.3 Å². The van der Waals surface area contributed by atoms with E-state index in [9.17, 15) is 4.79 Å². The molecule has 5 rings (SSSR count). The van der Waals surface area contributed by atoms with E-state index in [0.717, 1.165) is 46.5 Å². The van der Waals surface area contributed by atoms with Crippen molar-refractivity contribution in [2.24, 2.45) is 10.9 Å². The van der Waals surface area contributed by atoms with Crippen LogP contribution in [0.4, 0.5) is 11.4 Å². The molecule has 1 fully saturated rings. The number of rotatable bonds is 5. The topological polar surface area (TPSA) is 74.6 Å². The Labute approximate surface area is 211 Å². The van der Waals surface area contributed by atoms with Crippen LogP contribution < -0.4 is 10.6 Å². The first-order valence-electron chi connectivity index (χ1n) is 12.1. The van der Waals surface area contributed by atoms with Gasteiger partial charge in [0.25, 0.3) is 0 Å². The molecule has 35 heavy (non-hydrogen) atoms. The molecule has 2 aliphatic rings. The fourth-order valence-corrected chi connectivity index (χ4v) is 5.09. The second-order valence-corrected chi connectivity index (χ2v) is 9.96. The van der Waals surface area contributed by atoms with Gasteiger partial charge in [-0.25, -0.2) is 4.98 Å². The number of benzene rings is 2. The molecule has 2 N–H and O–H groups in total. The molecule has 3 heterocycles. The molecular formula is C27H31ClN6O. The van der Waals surface area contributed by atoms with E-state index in [1.54, 1.807) is 6.20 Å². The Hall–Kier alpha value is -3.32. The third kappa shape index (κ3) is 4.91. The average Bonchev–Trinajstić information content (AvgIpc) is 3.27. The Kier molecular flexibility index (Phi) is 6.52. The highest BCUT2D eigenvalue weighted by molar-refractivity contribution is 6.30. The first-order chi connectivity index (χ1) is 16.9. The third-order valence-electron chi connectivity index (χ3n) is 7.08. The van der Waals surface area contributed by atoms with Crippen LogP contribution in [0.5, 0.6) is 0 Å². The molecule has 7 nitrogen and oxygen atoms in total.